The van der Waals surface area contributed by atoms with Crippen molar-refractivity contribution < 1.29 is 14.3 Å². The summed E-state index contributed by atoms with van der Waals surface area (Å²) in [5.74, 6) is 0.682. The second-order valence-corrected chi connectivity index (χ2v) is 9.05. The number of morpholine rings is 1. The zero-order valence-electron chi connectivity index (χ0n) is 16.7. The molecule has 156 valence electrons. The molecule has 0 atom stereocenters. The van der Waals surface area contributed by atoms with Crippen LogP contribution in [0.2, 0.25) is 0 Å². The number of nitrogens with one attached hydrogen (secondary N) is 1. The van der Waals surface area contributed by atoms with Gasteiger partial charge >= 0.3 is 6.03 Å². The molecule has 1 saturated heterocycles. The maximum absolute atomic E-state index is 12.0. The van der Waals surface area contributed by atoms with E-state index < -0.39 is 0 Å². The van der Waals surface area contributed by atoms with E-state index in [4.69, 9.17) is 9.47 Å². The number of urea groups is 1. The molecule has 0 aromatic carbocycles. The van der Waals surface area contributed by atoms with Crippen LogP contribution in [0.4, 0.5) is 4.79 Å². The lowest BCUT2D eigenvalue weighted by atomic mass is 9.91. The van der Waals surface area contributed by atoms with Crippen LogP contribution in [0.15, 0.2) is 6.33 Å². The maximum atomic E-state index is 12.0. The molecule has 8 nitrogen and oxygen atoms in total. The quantitative estimate of drug-likeness (QED) is 0.826. The number of nitrogens with zero attached hydrogens (tertiary/aromatic N) is 4. The smallest absolute Gasteiger partial charge is 0.317 e. The van der Waals surface area contributed by atoms with Gasteiger partial charge in [-0.15, -0.1) is 11.3 Å². The van der Waals surface area contributed by atoms with E-state index in [0.717, 1.165) is 67.8 Å². The van der Waals surface area contributed by atoms with Gasteiger partial charge in [-0.05, 0) is 25.7 Å². The highest BCUT2D eigenvalue weighted by atomic mass is 32.1. The number of thiophene rings is 1. The van der Waals surface area contributed by atoms with Crippen molar-refractivity contribution in [2.24, 2.45) is 0 Å². The molecule has 2 aromatic rings. The van der Waals surface area contributed by atoms with Gasteiger partial charge < -0.3 is 19.7 Å². The summed E-state index contributed by atoms with van der Waals surface area (Å²) >= 11 is 1.64. The van der Waals surface area contributed by atoms with Crippen LogP contribution in [0.1, 0.15) is 36.1 Å². The molecule has 3 aliphatic rings. The molecule has 0 unspecified atom stereocenters. The maximum Gasteiger partial charge on any atom is 0.317 e. The van der Waals surface area contributed by atoms with Gasteiger partial charge in [0.15, 0.2) is 0 Å². The number of carbonyl (C=O) groups excluding carboxylic acids is 1. The van der Waals surface area contributed by atoms with E-state index >= 15 is 0 Å². The van der Waals surface area contributed by atoms with Gasteiger partial charge in [-0.2, -0.15) is 0 Å². The van der Waals surface area contributed by atoms with Gasteiger partial charge in [0, 0.05) is 43.2 Å². The van der Waals surface area contributed by atoms with E-state index in [9.17, 15) is 4.79 Å². The summed E-state index contributed by atoms with van der Waals surface area (Å²) in [6, 6.07) is 0.595. The van der Waals surface area contributed by atoms with Crippen LogP contribution in [0.25, 0.3) is 10.2 Å². The molecule has 0 radical (unpaired) electrons. The highest BCUT2D eigenvalue weighted by molar-refractivity contribution is 7.18. The Morgan fingerprint density at radius 2 is 2.00 bits per heavy atom. The molecule has 1 N–H and O–H groups in total. The fraction of sp³-hybridized carbons (Fsp3) is 0.650. The Labute approximate surface area is 174 Å². The third-order valence-electron chi connectivity index (χ3n) is 6.30. The van der Waals surface area contributed by atoms with Crippen molar-refractivity contribution in [3.8, 4) is 5.88 Å². The van der Waals surface area contributed by atoms with Crippen molar-refractivity contribution in [2.45, 2.75) is 50.9 Å². The standard InChI is InChI=1S/C20H27N5O3S/c1-21-20(26)25-10-15-16(11-25)29-19-17(15)18(22-12-23-19)28-14-4-2-13(3-5-14)24-6-8-27-9-7-24/h12-14H,2-11H2,1H3,(H,21,26). The molecule has 2 aliphatic heterocycles. The summed E-state index contributed by atoms with van der Waals surface area (Å²) in [6.07, 6.45) is 6.20. The van der Waals surface area contributed by atoms with Crippen molar-refractivity contribution in [3.63, 3.8) is 0 Å². The van der Waals surface area contributed by atoms with Crippen LogP contribution in [0.5, 0.6) is 5.88 Å². The molecule has 0 spiro atoms. The fourth-order valence-corrected chi connectivity index (χ4v) is 5.90. The Bertz CT molecular complexity index is 890. The first-order chi connectivity index (χ1) is 14.2. The molecular formula is C20H27N5O3S. The second-order valence-electron chi connectivity index (χ2n) is 7.97. The number of aromatic nitrogens is 2. The predicted octanol–water partition coefficient (Wildman–Crippen LogP) is 2.37. The van der Waals surface area contributed by atoms with E-state index in [1.165, 1.54) is 4.88 Å². The van der Waals surface area contributed by atoms with Crippen LogP contribution < -0.4 is 10.1 Å². The first-order valence-electron chi connectivity index (χ1n) is 10.4. The second kappa shape index (κ2) is 8.04. The minimum Gasteiger partial charge on any atom is -0.474 e. The van der Waals surface area contributed by atoms with E-state index in [0.29, 0.717) is 25.0 Å². The molecule has 9 heteroatoms. The number of carbonyl (C=O) groups is 1. The van der Waals surface area contributed by atoms with Gasteiger partial charge in [-0.3, -0.25) is 4.90 Å². The van der Waals surface area contributed by atoms with Crippen molar-refractivity contribution >= 4 is 27.6 Å². The lowest BCUT2D eigenvalue weighted by Gasteiger charge is -2.38. The molecular weight excluding hydrogens is 390 g/mol. The van der Waals surface area contributed by atoms with Gasteiger partial charge in [0.25, 0.3) is 0 Å². The minimum atomic E-state index is -0.0534. The van der Waals surface area contributed by atoms with Crippen molar-refractivity contribution in [1.82, 2.24) is 25.1 Å². The fourth-order valence-electron chi connectivity index (χ4n) is 4.74. The molecule has 1 saturated carbocycles. The van der Waals surface area contributed by atoms with Gasteiger partial charge in [0.05, 0.1) is 25.1 Å². The summed E-state index contributed by atoms with van der Waals surface area (Å²) in [6.45, 7) is 5.01. The highest BCUT2D eigenvalue weighted by Crippen LogP contribution is 2.41. The molecule has 2 fully saturated rings. The monoisotopic (exact) mass is 417 g/mol. The van der Waals surface area contributed by atoms with Crippen molar-refractivity contribution in [2.75, 3.05) is 33.4 Å². The molecule has 5 rings (SSSR count). The third kappa shape index (κ3) is 3.67. The molecule has 1 aliphatic carbocycles. The minimum absolute atomic E-state index is 0.0534. The number of amides is 2. The third-order valence-corrected chi connectivity index (χ3v) is 7.43. The summed E-state index contributed by atoms with van der Waals surface area (Å²) in [5.41, 5.74) is 1.14. The molecule has 4 heterocycles. The van der Waals surface area contributed by atoms with Crippen LogP contribution in [0.3, 0.4) is 0 Å². The zero-order chi connectivity index (χ0) is 19.8. The van der Waals surface area contributed by atoms with Gasteiger partial charge in [-0.25, -0.2) is 14.8 Å². The van der Waals surface area contributed by atoms with E-state index in [-0.39, 0.29) is 12.1 Å². The number of rotatable bonds is 3. The van der Waals surface area contributed by atoms with Gasteiger partial charge in [-0.1, -0.05) is 0 Å². The summed E-state index contributed by atoms with van der Waals surface area (Å²) in [5, 5.41) is 3.70. The van der Waals surface area contributed by atoms with Crippen molar-refractivity contribution in [1.29, 1.82) is 0 Å². The van der Waals surface area contributed by atoms with Gasteiger partial charge in [0.2, 0.25) is 5.88 Å². The Kier molecular flexibility index (Phi) is 5.28. The average Bonchev–Trinajstić information content (AvgIpc) is 3.33. The van der Waals surface area contributed by atoms with Crippen LogP contribution in [-0.4, -0.2) is 71.3 Å². The van der Waals surface area contributed by atoms with E-state index in [1.807, 2.05) is 4.90 Å². The normalized spacial score (nSPS) is 25.2. The number of hydrogen-bond acceptors (Lipinski definition) is 7. The van der Waals surface area contributed by atoms with Crippen LogP contribution in [-0.2, 0) is 17.8 Å². The number of ether oxygens (including phenoxy) is 2. The summed E-state index contributed by atoms with van der Waals surface area (Å²) in [4.78, 5) is 27.5. The summed E-state index contributed by atoms with van der Waals surface area (Å²) < 4.78 is 11.9. The number of fused-ring (bicyclic) bond motifs is 3. The Morgan fingerprint density at radius 3 is 2.76 bits per heavy atom. The predicted molar refractivity (Wildman–Crippen MR) is 110 cm³/mol. The lowest BCUT2D eigenvalue weighted by Crippen LogP contribution is -2.46. The van der Waals surface area contributed by atoms with E-state index in [1.54, 1.807) is 24.7 Å². The topological polar surface area (TPSA) is 79.8 Å². The van der Waals surface area contributed by atoms with Crippen molar-refractivity contribution in [3.05, 3.63) is 16.8 Å². The first kappa shape index (κ1) is 19.0. The molecule has 0 bridgehead atoms. The Balaban J connectivity index is 1.29. The largest absolute Gasteiger partial charge is 0.474 e. The molecule has 29 heavy (non-hydrogen) atoms. The number of hydrogen-bond donors (Lipinski definition) is 1. The lowest BCUT2D eigenvalue weighted by molar-refractivity contribution is -0.00126. The molecule has 2 aromatic heterocycles. The van der Waals surface area contributed by atoms with E-state index in [2.05, 4.69) is 20.2 Å². The zero-order valence-corrected chi connectivity index (χ0v) is 17.5. The first-order valence-corrected chi connectivity index (χ1v) is 11.2. The molecule has 2 amide bonds. The Morgan fingerprint density at radius 1 is 1.21 bits per heavy atom. The van der Waals surface area contributed by atoms with Crippen LogP contribution >= 0.6 is 11.3 Å². The highest BCUT2D eigenvalue weighted by Gasteiger charge is 2.31. The summed E-state index contributed by atoms with van der Waals surface area (Å²) in [7, 11) is 1.66. The SMILES string of the molecule is CNC(=O)N1Cc2sc3ncnc(OC4CCC(N5CCOCC5)CC4)c3c2C1. The Hall–Kier alpha value is -1.97. The average molecular weight is 418 g/mol. The van der Waals surface area contributed by atoms with Crippen LogP contribution in [0, 0.1) is 0 Å². The van der Waals surface area contributed by atoms with Gasteiger partial charge in [0.1, 0.15) is 17.3 Å².